The maximum absolute atomic E-state index is 9.14. The van der Waals surface area contributed by atoms with E-state index in [1.54, 1.807) is 19.5 Å². The van der Waals surface area contributed by atoms with Crippen molar-refractivity contribution in [2.75, 3.05) is 39.6 Å². The van der Waals surface area contributed by atoms with E-state index >= 15 is 0 Å². The Morgan fingerprint density at radius 1 is 1.29 bits per heavy atom. The Kier molecular flexibility index (Phi) is 4.59. The van der Waals surface area contributed by atoms with Crippen molar-refractivity contribution in [3.05, 3.63) is 42.4 Å². The van der Waals surface area contributed by atoms with Crippen molar-refractivity contribution in [3.8, 4) is 23.3 Å². The molecule has 0 atom stereocenters. The molecule has 142 valence electrons. The SMILES string of the molecule is COc1ccc2oc(-c3nc4cc(C#N)ncn4c3NCCN(C)C)cc2c1. The summed E-state index contributed by atoms with van der Waals surface area (Å²) in [6, 6.07) is 11.3. The van der Waals surface area contributed by atoms with Crippen LogP contribution < -0.4 is 10.1 Å². The lowest BCUT2D eigenvalue weighted by Crippen LogP contribution is -2.21. The number of hydrogen-bond donors (Lipinski definition) is 1. The van der Waals surface area contributed by atoms with Crippen molar-refractivity contribution in [3.63, 3.8) is 0 Å². The third-order valence-electron chi connectivity index (χ3n) is 4.44. The van der Waals surface area contributed by atoms with E-state index in [4.69, 9.17) is 19.4 Å². The zero-order chi connectivity index (χ0) is 19.7. The summed E-state index contributed by atoms with van der Waals surface area (Å²) in [5, 5.41) is 13.5. The monoisotopic (exact) mass is 376 g/mol. The van der Waals surface area contributed by atoms with E-state index in [0.717, 1.165) is 35.6 Å². The van der Waals surface area contributed by atoms with Gasteiger partial charge in [-0.05, 0) is 38.4 Å². The Morgan fingerprint density at radius 2 is 2.14 bits per heavy atom. The number of aromatic nitrogens is 3. The van der Waals surface area contributed by atoms with Gasteiger partial charge in [-0.2, -0.15) is 5.26 Å². The molecule has 3 aromatic heterocycles. The lowest BCUT2D eigenvalue weighted by atomic mass is 10.2. The molecule has 1 N–H and O–H groups in total. The Balaban J connectivity index is 1.83. The molecule has 0 radical (unpaired) electrons. The number of imidazole rings is 1. The van der Waals surface area contributed by atoms with Crippen LogP contribution in [0.2, 0.25) is 0 Å². The summed E-state index contributed by atoms with van der Waals surface area (Å²) in [5.41, 5.74) is 2.37. The molecule has 0 spiro atoms. The summed E-state index contributed by atoms with van der Waals surface area (Å²) in [6.07, 6.45) is 1.61. The molecular weight excluding hydrogens is 356 g/mol. The standard InChI is InChI=1S/C20H20N6O2/c1-25(2)7-6-22-20-19(24-18-10-14(11-21)23-12-26(18)20)17-9-13-8-15(27-3)4-5-16(13)28-17/h4-5,8-10,12,22H,6-7H2,1-3H3. The number of anilines is 1. The number of likely N-dealkylation sites (N-methyl/N-ethyl adjacent to an activating group) is 1. The summed E-state index contributed by atoms with van der Waals surface area (Å²) < 4.78 is 13.2. The predicted octanol–water partition coefficient (Wildman–Crippen LogP) is 3.00. The van der Waals surface area contributed by atoms with Crippen molar-refractivity contribution in [2.24, 2.45) is 0 Å². The molecule has 0 bridgehead atoms. The van der Waals surface area contributed by atoms with Gasteiger partial charge in [0.25, 0.3) is 0 Å². The smallest absolute Gasteiger partial charge is 0.157 e. The number of methoxy groups -OCH3 is 1. The molecular formula is C20H20N6O2. The van der Waals surface area contributed by atoms with Crippen molar-refractivity contribution in [1.82, 2.24) is 19.3 Å². The van der Waals surface area contributed by atoms with Crippen LogP contribution in [0.1, 0.15) is 5.69 Å². The number of hydrogen-bond acceptors (Lipinski definition) is 7. The summed E-state index contributed by atoms with van der Waals surface area (Å²) >= 11 is 0. The first-order chi connectivity index (χ1) is 13.6. The number of benzene rings is 1. The average molecular weight is 376 g/mol. The fraction of sp³-hybridized carbons (Fsp3) is 0.250. The Labute approximate surface area is 162 Å². The van der Waals surface area contributed by atoms with Gasteiger partial charge in [0.05, 0.1) is 7.11 Å². The molecule has 0 aliphatic carbocycles. The van der Waals surface area contributed by atoms with Gasteiger partial charge in [-0.1, -0.05) is 0 Å². The number of ether oxygens (including phenoxy) is 1. The van der Waals surface area contributed by atoms with Crippen LogP contribution in [-0.4, -0.2) is 53.6 Å². The first kappa shape index (κ1) is 17.8. The highest BCUT2D eigenvalue weighted by Gasteiger charge is 2.18. The molecule has 28 heavy (non-hydrogen) atoms. The van der Waals surface area contributed by atoms with Gasteiger partial charge in [-0.3, -0.25) is 4.40 Å². The van der Waals surface area contributed by atoms with Crippen molar-refractivity contribution in [2.45, 2.75) is 0 Å². The van der Waals surface area contributed by atoms with E-state index in [2.05, 4.69) is 21.3 Å². The summed E-state index contributed by atoms with van der Waals surface area (Å²) in [7, 11) is 5.67. The van der Waals surface area contributed by atoms with Gasteiger partial charge in [-0.25, -0.2) is 9.97 Å². The van der Waals surface area contributed by atoms with E-state index < -0.39 is 0 Å². The highest BCUT2D eigenvalue weighted by molar-refractivity contribution is 5.86. The van der Waals surface area contributed by atoms with Gasteiger partial charge in [-0.15, -0.1) is 0 Å². The second-order valence-electron chi connectivity index (χ2n) is 6.67. The van der Waals surface area contributed by atoms with Gasteiger partial charge in [0, 0.05) is 24.5 Å². The molecule has 0 unspecified atom stereocenters. The number of nitriles is 1. The first-order valence-electron chi connectivity index (χ1n) is 8.84. The molecule has 0 amide bonds. The summed E-state index contributed by atoms with van der Waals surface area (Å²) in [4.78, 5) is 11.0. The van der Waals surface area contributed by atoms with Gasteiger partial charge >= 0.3 is 0 Å². The maximum Gasteiger partial charge on any atom is 0.157 e. The van der Waals surface area contributed by atoms with Crippen molar-refractivity contribution in [1.29, 1.82) is 5.26 Å². The largest absolute Gasteiger partial charge is 0.497 e. The number of furan rings is 1. The highest BCUT2D eigenvalue weighted by Crippen LogP contribution is 2.34. The summed E-state index contributed by atoms with van der Waals surface area (Å²) in [6.45, 7) is 1.58. The van der Waals surface area contributed by atoms with Gasteiger partial charge in [0.2, 0.25) is 0 Å². The lowest BCUT2D eigenvalue weighted by Gasteiger charge is -2.11. The zero-order valence-electron chi connectivity index (χ0n) is 15.9. The first-order valence-corrected chi connectivity index (χ1v) is 8.84. The van der Waals surface area contributed by atoms with Crippen LogP contribution in [-0.2, 0) is 0 Å². The van der Waals surface area contributed by atoms with E-state index in [1.807, 2.05) is 42.8 Å². The minimum atomic E-state index is 0.318. The van der Waals surface area contributed by atoms with Crippen LogP contribution >= 0.6 is 0 Å². The highest BCUT2D eigenvalue weighted by atomic mass is 16.5. The van der Waals surface area contributed by atoms with E-state index in [9.17, 15) is 0 Å². The molecule has 3 heterocycles. The van der Waals surface area contributed by atoms with E-state index in [1.165, 1.54) is 0 Å². The molecule has 0 fully saturated rings. The van der Waals surface area contributed by atoms with E-state index in [-0.39, 0.29) is 0 Å². The Morgan fingerprint density at radius 3 is 2.89 bits per heavy atom. The Bertz CT molecular complexity index is 1180. The minimum Gasteiger partial charge on any atom is -0.497 e. The van der Waals surface area contributed by atoms with Gasteiger partial charge < -0.3 is 19.4 Å². The normalized spacial score (nSPS) is 11.2. The zero-order valence-corrected chi connectivity index (χ0v) is 15.9. The fourth-order valence-corrected chi connectivity index (χ4v) is 3.01. The van der Waals surface area contributed by atoms with Crippen molar-refractivity contribution >= 4 is 22.4 Å². The van der Waals surface area contributed by atoms with E-state index in [0.29, 0.717) is 22.8 Å². The van der Waals surface area contributed by atoms with Crippen LogP contribution in [0.3, 0.4) is 0 Å². The third kappa shape index (κ3) is 3.23. The number of rotatable bonds is 6. The number of nitrogens with one attached hydrogen (secondary N) is 1. The second kappa shape index (κ2) is 7.21. The molecule has 1 aromatic carbocycles. The van der Waals surface area contributed by atoms with Gasteiger partial charge in [0.15, 0.2) is 5.76 Å². The topological polar surface area (TPSA) is 91.6 Å². The second-order valence-corrected chi connectivity index (χ2v) is 6.67. The maximum atomic E-state index is 9.14. The van der Waals surface area contributed by atoms with Crippen molar-refractivity contribution < 1.29 is 9.15 Å². The van der Waals surface area contributed by atoms with Crippen LogP contribution in [0.25, 0.3) is 28.1 Å². The molecule has 0 saturated carbocycles. The quantitative estimate of drug-likeness (QED) is 0.553. The average Bonchev–Trinajstić information content (AvgIpc) is 3.27. The fourth-order valence-electron chi connectivity index (χ4n) is 3.01. The molecule has 8 nitrogen and oxygen atoms in total. The predicted molar refractivity (Wildman–Crippen MR) is 107 cm³/mol. The van der Waals surface area contributed by atoms with Crippen LogP contribution in [0.15, 0.2) is 41.1 Å². The lowest BCUT2D eigenvalue weighted by molar-refractivity contribution is 0.415. The van der Waals surface area contributed by atoms with Crippen LogP contribution in [0, 0.1) is 11.3 Å². The molecule has 4 rings (SSSR count). The molecule has 4 aromatic rings. The third-order valence-corrected chi connectivity index (χ3v) is 4.44. The molecule has 0 aliphatic rings. The minimum absolute atomic E-state index is 0.318. The molecule has 0 aliphatic heterocycles. The van der Waals surface area contributed by atoms with Gasteiger partial charge in [0.1, 0.15) is 46.6 Å². The Hall–Kier alpha value is -3.57. The number of nitrogens with zero attached hydrogens (tertiary/aromatic N) is 5. The molecule has 0 saturated heterocycles. The van der Waals surface area contributed by atoms with Crippen LogP contribution in [0.4, 0.5) is 5.82 Å². The molecule has 8 heteroatoms. The summed E-state index contributed by atoms with van der Waals surface area (Å²) in [5.74, 6) is 2.18. The van der Waals surface area contributed by atoms with Crippen LogP contribution in [0.5, 0.6) is 5.75 Å². The number of fused-ring (bicyclic) bond motifs is 2.